The highest BCUT2D eigenvalue weighted by Gasteiger charge is 2.60. The maximum Gasteiger partial charge on any atom is 0.309 e. The van der Waals surface area contributed by atoms with Gasteiger partial charge in [0.1, 0.15) is 0 Å². The molecule has 2 saturated carbocycles. The van der Waals surface area contributed by atoms with Gasteiger partial charge in [0.15, 0.2) is 0 Å². The number of fused-ring (bicyclic) bond motifs is 5. The second kappa shape index (κ2) is 2.87. The second-order valence-corrected chi connectivity index (χ2v) is 5.80. The molecule has 2 nitrogen and oxygen atoms in total. The van der Waals surface area contributed by atoms with Gasteiger partial charge in [-0.25, -0.2) is 0 Å². The highest BCUT2D eigenvalue weighted by molar-refractivity contribution is 5.75. The van der Waals surface area contributed by atoms with Crippen LogP contribution in [0.25, 0.3) is 0 Å². The Balaban J connectivity index is 1.93. The van der Waals surface area contributed by atoms with Crippen LogP contribution < -0.4 is 0 Å². The first-order valence-corrected chi connectivity index (χ1v) is 6.01. The van der Waals surface area contributed by atoms with Crippen LogP contribution in [0.1, 0.15) is 32.6 Å². The van der Waals surface area contributed by atoms with E-state index in [9.17, 15) is 9.90 Å². The summed E-state index contributed by atoms with van der Waals surface area (Å²) in [6.07, 6.45) is 8.95. The van der Waals surface area contributed by atoms with E-state index in [1.54, 1.807) is 0 Å². The van der Waals surface area contributed by atoms with E-state index in [1.165, 1.54) is 12.8 Å². The van der Waals surface area contributed by atoms with Crippen molar-refractivity contribution >= 4 is 5.97 Å². The van der Waals surface area contributed by atoms with Gasteiger partial charge in [-0.3, -0.25) is 4.79 Å². The zero-order chi connectivity index (χ0) is 10.6. The molecule has 0 amide bonds. The topological polar surface area (TPSA) is 37.3 Å². The molecule has 0 heterocycles. The third-order valence-corrected chi connectivity index (χ3v) is 5.21. The fourth-order valence-corrected chi connectivity index (χ4v) is 4.45. The van der Waals surface area contributed by atoms with Crippen molar-refractivity contribution < 1.29 is 9.90 Å². The molecule has 0 spiro atoms. The van der Waals surface area contributed by atoms with Crippen LogP contribution in [0.15, 0.2) is 12.2 Å². The minimum Gasteiger partial charge on any atom is -0.481 e. The molecule has 0 aliphatic heterocycles. The summed E-state index contributed by atoms with van der Waals surface area (Å²) < 4.78 is 0. The fraction of sp³-hybridized carbons (Fsp3) is 0.769. The molecule has 3 rings (SSSR count). The van der Waals surface area contributed by atoms with Gasteiger partial charge in [-0.2, -0.15) is 0 Å². The number of hydrogen-bond donors (Lipinski definition) is 1. The summed E-state index contributed by atoms with van der Waals surface area (Å²) in [6, 6.07) is 0. The molecule has 0 aromatic rings. The van der Waals surface area contributed by atoms with Crippen LogP contribution in [0, 0.1) is 29.1 Å². The van der Waals surface area contributed by atoms with Crippen LogP contribution in [0.5, 0.6) is 0 Å². The van der Waals surface area contributed by atoms with Gasteiger partial charge in [0.25, 0.3) is 0 Å². The zero-order valence-electron chi connectivity index (χ0n) is 9.15. The third-order valence-electron chi connectivity index (χ3n) is 5.21. The minimum atomic E-state index is -0.567. The average Bonchev–Trinajstić information content (AvgIpc) is 2.74. The smallest absolute Gasteiger partial charge is 0.309 e. The SMILES string of the molecule is CC1(C(=O)O)CC2CC1C1CC=CCC21. The number of rotatable bonds is 1. The van der Waals surface area contributed by atoms with Gasteiger partial charge < -0.3 is 5.11 Å². The predicted molar refractivity (Wildman–Crippen MR) is 57.3 cm³/mol. The van der Waals surface area contributed by atoms with Crippen LogP contribution in [0.2, 0.25) is 0 Å². The van der Waals surface area contributed by atoms with Gasteiger partial charge in [-0.1, -0.05) is 12.2 Å². The van der Waals surface area contributed by atoms with E-state index < -0.39 is 11.4 Å². The van der Waals surface area contributed by atoms with Gasteiger partial charge in [-0.15, -0.1) is 0 Å². The number of hydrogen-bond acceptors (Lipinski definition) is 1. The minimum absolute atomic E-state index is 0.420. The van der Waals surface area contributed by atoms with Crippen molar-refractivity contribution in [3.63, 3.8) is 0 Å². The Labute approximate surface area is 90.4 Å². The molecular weight excluding hydrogens is 188 g/mol. The Hall–Kier alpha value is -0.790. The summed E-state index contributed by atoms with van der Waals surface area (Å²) in [4.78, 5) is 11.4. The molecule has 0 saturated heterocycles. The lowest BCUT2D eigenvalue weighted by molar-refractivity contribution is -0.153. The van der Waals surface area contributed by atoms with Crippen molar-refractivity contribution in [2.24, 2.45) is 29.1 Å². The van der Waals surface area contributed by atoms with Gasteiger partial charge in [0.05, 0.1) is 5.41 Å². The lowest BCUT2D eigenvalue weighted by atomic mass is 9.63. The summed E-state index contributed by atoms with van der Waals surface area (Å²) in [5, 5.41) is 9.37. The summed E-state index contributed by atoms with van der Waals surface area (Å²) in [5.41, 5.74) is -0.420. The Morgan fingerprint density at radius 1 is 1.33 bits per heavy atom. The Kier molecular flexibility index (Phi) is 1.80. The van der Waals surface area contributed by atoms with E-state index in [4.69, 9.17) is 0 Å². The lowest BCUT2D eigenvalue weighted by Gasteiger charge is -2.41. The molecule has 15 heavy (non-hydrogen) atoms. The molecule has 1 N–H and O–H groups in total. The lowest BCUT2D eigenvalue weighted by Crippen LogP contribution is -2.41. The van der Waals surface area contributed by atoms with Crippen molar-refractivity contribution in [2.45, 2.75) is 32.6 Å². The quantitative estimate of drug-likeness (QED) is 0.670. The zero-order valence-corrected chi connectivity index (χ0v) is 9.15. The maximum atomic E-state index is 11.4. The molecule has 3 aliphatic carbocycles. The van der Waals surface area contributed by atoms with Gasteiger partial charge >= 0.3 is 5.97 Å². The first-order valence-electron chi connectivity index (χ1n) is 6.01. The van der Waals surface area contributed by atoms with E-state index in [-0.39, 0.29) is 0 Å². The van der Waals surface area contributed by atoms with Crippen LogP contribution in [-0.4, -0.2) is 11.1 Å². The summed E-state index contributed by atoms with van der Waals surface area (Å²) in [7, 11) is 0. The molecule has 3 aliphatic rings. The van der Waals surface area contributed by atoms with E-state index >= 15 is 0 Å². The number of carbonyl (C=O) groups is 1. The summed E-state index contributed by atoms with van der Waals surface area (Å²) in [5.74, 6) is 2.02. The predicted octanol–water partition coefficient (Wildman–Crippen LogP) is 2.70. The normalized spacial score (nSPS) is 51.8. The Morgan fingerprint density at radius 2 is 2.00 bits per heavy atom. The van der Waals surface area contributed by atoms with E-state index in [0.717, 1.165) is 18.8 Å². The molecule has 82 valence electrons. The summed E-state index contributed by atoms with van der Waals surface area (Å²) in [6.45, 7) is 1.97. The van der Waals surface area contributed by atoms with Crippen molar-refractivity contribution in [1.29, 1.82) is 0 Å². The summed E-state index contributed by atoms with van der Waals surface area (Å²) >= 11 is 0. The van der Waals surface area contributed by atoms with Gasteiger partial charge in [0, 0.05) is 0 Å². The van der Waals surface area contributed by atoms with Crippen molar-refractivity contribution in [2.75, 3.05) is 0 Å². The molecular formula is C13H18O2. The van der Waals surface area contributed by atoms with Crippen LogP contribution in [0.3, 0.4) is 0 Å². The highest BCUT2D eigenvalue weighted by Crippen LogP contribution is 2.63. The maximum absolute atomic E-state index is 11.4. The molecule has 5 unspecified atom stereocenters. The monoisotopic (exact) mass is 206 g/mol. The highest BCUT2D eigenvalue weighted by atomic mass is 16.4. The molecule has 0 aromatic heterocycles. The molecule has 2 bridgehead atoms. The van der Waals surface area contributed by atoms with E-state index in [2.05, 4.69) is 12.2 Å². The van der Waals surface area contributed by atoms with Gasteiger partial charge in [0.2, 0.25) is 0 Å². The van der Waals surface area contributed by atoms with Crippen LogP contribution >= 0.6 is 0 Å². The molecule has 2 fully saturated rings. The van der Waals surface area contributed by atoms with E-state index in [1.807, 2.05) is 6.92 Å². The number of carboxylic acid groups (broad SMARTS) is 1. The molecule has 0 aromatic carbocycles. The van der Waals surface area contributed by atoms with Gasteiger partial charge in [-0.05, 0) is 56.3 Å². The third kappa shape index (κ3) is 1.08. The number of carboxylic acids is 1. The van der Waals surface area contributed by atoms with Crippen molar-refractivity contribution in [1.82, 2.24) is 0 Å². The van der Waals surface area contributed by atoms with E-state index in [0.29, 0.717) is 17.8 Å². The Morgan fingerprint density at radius 3 is 2.67 bits per heavy atom. The number of aliphatic carboxylic acids is 1. The molecule has 0 radical (unpaired) electrons. The van der Waals surface area contributed by atoms with Crippen molar-refractivity contribution in [3.05, 3.63) is 12.2 Å². The van der Waals surface area contributed by atoms with Crippen LogP contribution in [-0.2, 0) is 4.79 Å². The largest absolute Gasteiger partial charge is 0.481 e. The van der Waals surface area contributed by atoms with Crippen LogP contribution in [0.4, 0.5) is 0 Å². The molecule has 5 atom stereocenters. The Bertz CT molecular complexity index is 333. The molecule has 2 heteroatoms. The average molecular weight is 206 g/mol. The fourth-order valence-electron chi connectivity index (χ4n) is 4.45. The first kappa shape index (κ1) is 9.44. The van der Waals surface area contributed by atoms with Crippen molar-refractivity contribution in [3.8, 4) is 0 Å². The first-order chi connectivity index (χ1) is 7.13. The second-order valence-electron chi connectivity index (χ2n) is 5.80. The number of allylic oxidation sites excluding steroid dienone is 2. The standard InChI is InChI=1S/C13H18O2/c1-13(12(14)15)7-8-6-11(13)10-5-3-2-4-9(8)10/h2-3,8-11H,4-7H2,1H3,(H,14,15).